The van der Waals surface area contributed by atoms with E-state index in [4.69, 9.17) is 4.74 Å². The molecule has 2 nitrogen and oxygen atoms in total. The molecule has 4 heteroatoms. The van der Waals surface area contributed by atoms with Gasteiger partial charge in [0.1, 0.15) is 0 Å². The van der Waals surface area contributed by atoms with Crippen molar-refractivity contribution in [3.63, 3.8) is 0 Å². The molecule has 0 amide bonds. The SMILES string of the molecule is CC(C)(C)OCC(O)Cc1ccc(Br)s1. The molecular formula is C11H17BrO2S. The minimum absolute atomic E-state index is 0.184. The van der Waals surface area contributed by atoms with E-state index in [1.54, 1.807) is 11.3 Å². The van der Waals surface area contributed by atoms with Crippen LogP contribution in [0.25, 0.3) is 0 Å². The Bertz CT molecular complexity index is 304. The van der Waals surface area contributed by atoms with Crippen molar-refractivity contribution in [3.8, 4) is 0 Å². The van der Waals surface area contributed by atoms with Crippen LogP contribution < -0.4 is 0 Å². The zero-order valence-electron chi connectivity index (χ0n) is 9.29. The second-order valence-electron chi connectivity index (χ2n) is 4.49. The van der Waals surface area contributed by atoms with Gasteiger partial charge in [0.05, 0.1) is 22.1 Å². The Morgan fingerprint density at radius 3 is 2.60 bits per heavy atom. The number of aliphatic hydroxyl groups is 1. The number of hydrogen-bond donors (Lipinski definition) is 1. The molecule has 1 aromatic rings. The summed E-state index contributed by atoms with van der Waals surface area (Å²) < 4.78 is 6.61. The van der Waals surface area contributed by atoms with Crippen LogP contribution in [-0.4, -0.2) is 23.4 Å². The molecule has 1 atom stereocenters. The van der Waals surface area contributed by atoms with Crippen LogP contribution in [0.3, 0.4) is 0 Å². The quantitative estimate of drug-likeness (QED) is 0.923. The first-order valence-electron chi connectivity index (χ1n) is 4.93. The van der Waals surface area contributed by atoms with Gasteiger partial charge in [0.2, 0.25) is 0 Å². The summed E-state index contributed by atoms with van der Waals surface area (Å²) in [5.74, 6) is 0. The number of hydrogen-bond acceptors (Lipinski definition) is 3. The molecular weight excluding hydrogens is 276 g/mol. The number of halogens is 1. The lowest BCUT2D eigenvalue weighted by atomic mass is 10.2. The molecule has 1 aromatic heterocycles. The average Bonchev–Trinajstić information content (AvgIpc) is 2.47. The summed E-state index contributed by atoms with van der Waals surface area (Å²) >= 11 is 5.05. The smallest absolute Gasteiger partial charge is 0.0822 e. The predicted octanol–water partition coefficient (Wildman–Crippen LogP) is 3.23. The average molecular weight is 293 g/mol. The lowest BCUT2D eigenvalue weighted by Gasteiger charge is -2.21. The fourth-order valence-electron chi connectivity index (χ4n) is 1.10. The Kier molecular flexibility index (Phi) is 4.77. The van der Waals surface area contributed by atoms with Gasteiger partial charge in [0, 0.05) is 11.3 Å². The third kappa shape index (κ3) is 5.66. The second-order valence-corrected chi connectivity index (χ2v) is 7.03. The van der Waals surface area contributed by atoms with Crippen LogP contribution in [0.2, 0.25) is 0 Å². The highest BCUT2D eigenvalue weighted by Gasteiger charge is 2.14. The van der Waals surface area contributed by atoms with Crippen molar-refractivity contribution in [3.05, 3.63) is 20.8 Å². The van der Waals surface area contributed by atoms with E-state index < -0.39 is 6.10 Å². The van der Waals surface area contributed by atoms with E-state index in [0.717, 1.165) is 3.79 Å². The molecule has 86 valence electrons. The van der Waals surface area contributed by atoms with Crippen LogP contribution in [0.4, 0.5) is 0 Å². The number of ether oxygens (including phenoxy) is 1. The van der Waals surface area contributed by atoms with E-state index in [0.29, 0.717) is 13.0 Å². The maximum atomic E-state index is 9.74. The summed E-state index contributed by atoms with van der Waals surface area (Å²) in [6.07, 6.45) is 0.238. The zero-order valence-corrected chi connectivity index (χ0v) is 11.7. The Balaban J connectivity index is 2.33. The van der Waals surface area contributed by atoms with Crippen molar-refractivity contribution >= 4 is 27.3 Å². The van der Waals surface area contributed by atoms with Gasteiger partial charge >= 0.3 is 0 Å². The monoisotopic (exact) mass is 292 g/mol. The maximum absolute atomic E-state index is 9.74. The van der Waals surface area contributed by atoms with Gasteiger partial charge in [-0.1, -0.05) is 0 Å². The highest BCUT2D eigenvalue weighted by molar-refractivity contribution is 9.11. The van der Waals surface area contributed by atoms with Crippen molar-refractivity contribution in [2.75, 3.05) is 6.61 Å². The molecule has 0 spiro atoms. The molecule has 0 saturated heterocycles. The van der Waals surface area contributed by atoms with E-state index in [1.165, 1.54) is 4.88 Å². The first kappa shape index (κ1) is 13.2. The van der Waals surface area contributed by atoms with Crippen LogP contribution in [0.5, 0.6) is 0 Å². The highest BCUT2D eigenvalue weighted by atomic mass is 79.9. The molecule has 1 N–H and O–H groups in total. The van der Waals surface area contributed by atoms with Crippen LogP contribution >= 0.6 is 27.3 Å². The molecule has 0 aliphatic rings. The first-order chi connectivity index (χ1) is 6.87. The van der Waals surface area contributed by atoms with Crippen molar-refractivity contribution in [1.82, 2.24) is 0 Å². The standard InChI is InChI=1S/C11H17BrO2S/c1-11(2,3)14-7-8(13)6-9-4-5-10(12)15-9/h4-5,8,13H,6-7H2,1-3H3. The van der Waals surface area contributed by atoms with Gasteiger partial charge in [-0.3, -0.25) is 0 Å². The molecule has 15 heavy (non-hydrogen) atoms. The summed E-state index contributed by atoms with van der Waals surface area (Å²) in [6, 6.07) is 4.02. The third-order valence-corrected chi connectivity index (χ3v) is 3.42. The van der Waals surface area contributed by atoms with Crippen LogP contribution in [0, 0.1) is 0 Å². The summed E-state index contributed by atoms with van der Waals surface area (Å²) in [5, 5.41) is 9.74. The van der Waals surface area contributed by atoms with E-state index in [1.807, 2.05) is 32.9 Å². The Morgan fingerprint density at radius 2 is 2.13 bits per heavy atom. The van der Waals surface area contributed by atoms with Crippen molar-refractivity contribution in [2.24, 2.45) is 0 Å². The topological polar surface area (TPSA) is 29.5 Å². The van der Waals surface area contributed by atoms with Crippen LogP contribution in [-0.2, 0) is 11.2 Å². The van der Waals surface area contributed by atoms with Gasteiger partial charge in [-0.05, 0) is 48.8 Å². The maximum Gasteiger partial charge on any atom is 0.0822 e. The normalized spacial score (nSPS) is 14.2. The Labute approximate surface area is 103 Å². The minimum Gasteiger partial charge on any atom is -0.390 e. The van der Waals surface area contributed by atoms with Gasteiger partial charge in [0.15, 0.2) is 0 Å². The van der Waals surface area contributed by atoms with Gasteiger partial charge in [0.25, 0.3) is 0 Å². The van der Waals surface area contributed by atoms with E-state index in [2.05, 4.69) is 15.9 Å². The van der Waals surface area contributed by atoms with Crippen LogP contribution in [0.1, 0.15) is 25.6 Å². The largest absolute Gasteiger partial charge is 0.390 e. The third-order valence-electron chi connectivity index (χ3n) is 1.77. The van der Waals surface area contributed by atoms with Gasteiger partial charge in [-0.25, -0.2) is 0 Å². The Morgan fingerprint density at radius 1 is 1.47 bits per heavy atom. The van der Waals surface area contributed by atoms with Gasteiger partial charge in [-0.15, -0.1) is 11.3 Å². The fourth-order valence-corrected chi connectivity index (χ4v) is 2.65. The summed E-state index contributed by atoms with van der Waals surface area (Å²) in [5.41, 5.74) is -0.184. The number of aliphatic hydroxyl groups excluding tert-OH is 1. The molecule has 0 aliphatic carbocycles. The molecule has 0 aromatic carbocycles. The molecule has 0 bridgehead atoms. The second kappa shape index (κ2) is 5.43. The fraction of sp³-hybridized carbons (Fsp3) is 0.636. The molecule has 0 saturated carbocycles. The molecule has 1 unspecified atom stereocenters. The van der Waals surface area contributed by atoms with E-state index >= 15 is 0 Å². The van der Waals surface area contributed by atoms with E-state index in [-0.39, 0.29) is 5.60 Å². The van der Waals surface area contributed by atoms with Gasteiger partial charge < -0.3 is 9.84 Å². The number of thiophene rings is 1. The van der Waals surface area contributed by atoms with Crippen molar-refractivity contribution in [1.29, 1.82) is 0 Å². The summed E-state index contributed by atoms with van der Waals surface area (Å²) in [4.78, 5) is 1.17. The first-order valence-corrected chi connectivity index (χ1v) is 6.54. The number of rotatable bonds is 4. The highest BCUT2D eigenvalue weighted by Crippen LogP contribution is 2.23. The minimum atomic E-state index is -0.422. The summed E-state index contributed by atoms with van der Waals surface area (Å²) in [7, 11) is 0. The zero-order chi connectivity index (χ0) is 11.5. The molecule has 1 rings (SSSR count). The summed E-state index contributed by atoms with van der Waals surface area (Å²) in [6.45, 7) is 6.35. The lowest BCUT2D eigenvalue weighted by molar-refractivity contribution is -0.0480. The molecule has 1 heterocycles. The predicted molar refractivity (Wildman–Crippen MR) is 67.4 cm³/mol. The lowest BCUT2D eigenvalue weighted by Crippen LogP contribution is -2.27. The molecule has 0 aliphatic heterocycles. The van der Waals surface area contributed by atoms with E-state index in [9.17, 15) is 5.11 Å². The molecule has 0 radical (unpaired) electrons. The van der Waals surface area contributed by atoms with Gasteiger partial charge in [-0.2, -0.15) is 0 Å². The van der Waals surface area contributed by atoms with Crippen molar-refractivity contribution < 1.29 is 9.84 Å². The molecule has 0 fully saturated rings. The van der Waals surface area contributed by atoms with Crippen LogP contribution in [0.15, 0.2) is 15.9 Å². The Hall–Kier alpha value is 0.1000. The van der Waals surface area contributed by atoms with Crippen molar-refractivity contribution in [2.45, 2.75) is 38.9 Å².